The van der Waals surface area contributed by atoms with Gasteiger partial charge in [-0.15, -0.1) is 10.2 Å². The largest absolute Gasteiger partial charge is 0.454 e. The molecule has 24 heavy (non-hydrogen) atoms. The molecule has 1 aliphatic heterocycles. The minimum absolute atomic E-state index is 0.0987. The number of hydrogen-bond donors (Lipinski definition) is 0. The maximum Gasteiger partial charge on any atom is 0.332 e. The molecule has 0 unspecified atom stereocenters. The SMILES string of the molecule is CCn1c(=O)n(C)c(=O)c2nc(-c3ccc4c(c3)OCO4)nnc21. The molecule has 3 heterocycles. The summed E-state index contributed by atoms with van der Waals surface area (Å²) in [6.45, 7) is 2.32. The third-order valence-electron chi connectivity index (χ3n) is 3.90. The molecule has 3 aromatic rings. The number of hydrogen-bond acceptors (Lipinski definition) is 7. The van der Waals surface area contributed by atoms with E-state index in [2.05, 4.69) is 15.2 Å². The summed E-state index contributed by atoms with van der Waals surface area (Å²) < 4.78 is 13.0. The van der Waals surface area contributed by atoms with Crippen molar-refractivity contribution < 1.29 is 9.47 Å². The highest BCUT2D eigenvalue weighted by Crippen LogP contribution is 2.34. The number of nitrogens with zero attached hydrogens (tertiary/aromatic N) is 5. The van der Waals surface area contributed by atoms with Crippen LogP contribution in [0.15, 0.2) is 27.8 Å². The Kier molecular flexibility index (Phi) is 3.08. The summed E-state index contributed by atoms with van der Waals surface area (Å²) in [4.78, 5) is 28.8. The number of fused-ring (bicyclic) bond motifs is 2. The summed E-state index contributed by atoms with van der Waals surface area (Å²) in [5.41, 5.74) is -0.0276. The predicted octanol–water partition coefficient (Wildman–Crippen LogP) is 0.301. The summed E-state index contributed by atoms with van der Waals surface area (Å²) in [5, 5.41) is 8.11. The van der Waals surface area contributed by atoms with Crippen molar-refractivity contribution in [2.24, 2.45) is 7.05 Å². The molecule has 2 aromatic heterocycles. The van der Waals surface area contributed by atoms with Gasteiger partial charge < -0.3 is 9.47 Å². The standard InChI is InChI=1S/C15H13N5O4/c1-3-20-13-11(14(21)19(2)15(20)22)16-12(17-18-13)8-4-5-9-10(6-8)24-7-23-9/h4-6H,3,7H2,1-2H3. The van der Waals surface area contributed by atoms with Crippen LogP contribution < -0.4 is 20.7 Å². The van der Waals surface area contributed by atoms with Crippen molar-refractivity contribution in [2.45, 2.75) is 13.5 Å². The number of benzene rings is 1. The highest BCUT2D eigenvalue weighted by Gasteiger charge is 2.18. The summed E-state index contributed by atoms with van der Waals surface area (Å²) >= 11 is 0. The summed E-state index contributed by atoms with van der Waals surface area (Å²) in [7, 11) is 1.42. The van der Waals surface area contributed by atoms with Crippen molar-refractivity contribution in [1.29, 1.82) is 0 Å². The van der Waals surface area contributed by atoms with Crippen molar-refractivity contribution in [3.8, 4) is 22.9 Å². The second-order valence-electron chi connectivity index (χ2n) is 5.27. The average Bonchev–Trinajstić information content (AvgIpc) is 3.08. The van der Waals surface area contributed by atoms with E-state index >= 15 is 0 Å². The quantitative estimate of drug-likeness (QED) is 0.667. The van der Waals surface area contributed by atoms with Crippen molar-refractivity contribution in [1.82, 2.24) is 24.3 Å². The van der Waals surface area contributed by atoms with E-state index in [9.17, 15) is 9.59 Å². The van der Waals surface area contributed by atoms with Gasteiger partial charge in [0, 0.05) is 19.2 Å². The summed E-state index contributed by atoms with van der Waals surface area (Å²) in [6, 6.07) is 5.23. The first-order valence-electron chi connectivity index (χ1n) is 7.34. The molecule has 0 N–H and O–H groups in total. The highest BCUT2D eigenvalue weighted by atomic mass is 16.7. The predicted molar refractivity (Wildman–Crippen MR) is 84.1 cm³/mol. The fourth-order valence-electron chi connectivity index (χ4n) is 2.61. The monoisotopic (exact) mass is 327 g/mol. The Morgan fingerprint density at radius 3 is 2.75 bits per heavy atom. The van der Waals surface area contributed by atoms with E-state index in [4.69, 9.17) is 9.47 Å². The topological polar surface area (TPSA) is 101 Å². The Bertz CT molecular complexity index is 1090. The fraction of sp³-hybridized carbons (Fsp3) is 0.267. The third kappa shape index (κ3) is 1.98. The van der Waals surface area contributed by atoms with Gasteiger partial charge in [0.15, 0.2) is 28.5 Å². The van der Waals surface area contributed by atoms with Gasteiger partial charge in [-0.25, -0.2) is 9.78 Å². The average molecular weight is 327 g/mol. The van der Waals surface area contributed by atoms with Gasteiger partial charge in [-0.05, 0) is 25.1 Å². The Morgan fingerprint density at radius 1 is 1.17 bits per heavy atom. The lowest BCUT2D eigenvalue weighted by molar-refractivity contribution is 0.174. The lowest BCUT2D eigenvalue weighted by atomic mass is 10.2. The minimum atomic E-state index is -0.503. The van der Waals surface area contributed by atoms with E-state index in [0.29, 0.717) is 23.6 Å². The van der Waals surface area contributed by atoms with Crippen molar-refractivity contribution in [2.75, 3.05) is 6.79 Å². The number of rotatable bonds is 2. The molecule has 0 saturated heterocycles. The molecule has 1 aliphatic rings. The summed E-state index contributed by atoms with van der Waals surface area (Å²) in [6.07, 6.45) is 0. The van der Waals surface area contributed by atoms with E-state index in [1.165, 1.54) is 11.6 Å². The van der Waals surface area contributed by atoms with Crippen molar-refractivity contribution in [3.05, 3.63) is 39.0 Å². The van der Waals surface area contributed by atoms with Crippen LogP contribution in [0.1, 0.15) is 6.92 Å². The van der Waals surface area contributed by atoms with Crippen LogP contribution in [0.2, 0.25) is 0 Å². The number of ether oxygens (including phenoxy) is 2. The minimum Gasteiger partial charge on any atom is -0.454 e. The lowest BCUT2D eigenvalue weighted by Crippen LogP contribution is -2.38. The zero-order valence-electron chi connectivity index (χ0n) is 13.0. The molecule has 0 radical (unpaired) electrons. The molecule has 0 aliphatic carbocycles. The van der Waals surface area contributed by atoms with Crippen LogP contribution in [-0.2, 0) is 13.6 Å². The lowest BCUT2D eigenvalue weighted by Gasteiger charge is -2.08. The first kappa shape index (κ1) is 14.4. The molecule has 122 valence electrons. The molecule has 9 nitrogen and oxygen atoms in total. The normalized spacial score (nSPS) is 12.8. The zero-order valence-corrected chi connectivity index (χ0v) is 13.0. The van der Waals surface area contributed by atoms with Crippen LogP contribution in [0.25, 0.3) is 22.6 Å². The van der Waals surface area contributed by atoms with Crippen molar-refractivity contribution in [3.63, 3.8) is 0 Å². The fourth-order valence-corrected chi connectivity index (χ4v) is 2.61. The van der Waals surface area contributed by atoms with E-state index < -0.39 is 11.2 Å². The Morgan fingerprint density at radius 2 is 1.96 bits per heavy atom. The second-order valence-corrected chi connectivity index (χ2v) is 5.27. The van der Waals surface area contributed by atoms with Crippen LogP contribution in [0.4, 0.5) is 0 Å². The van der Waals surface area contributed by atoms with Crippen LogP contribution in [0.5, 0.6) is 11.5 Å². The second kappa shape index (κ2) is 5.15. The first-order valence-corrected chi connectivity index (χ1v) is 7.34. The van der Waals surface area contributed by atoms with Crippen molar-refractivity contribution >= 4 is 11.2 Å². The highest BCUT2D eigenvalue weighted by molar-refractivity contribution is 5.72. The molecule has 0 bridgehead atoms. The third-order valence-corrected chi connectivity index (χ3v) is 3.90. The molecule has 0 amide bonds. The zero-order chi connectivity index (χ0) is 16.8. The van der Waals surface area contributed by atoms with E-state index in [1.54, 1.807) is 25.1 Å². The number of aromatic nitrogens is 5. The number of aryl methyl sites for hydroxylation is 1. The van der Waals surface area contributed by atoms with Gasteiger partial charge in [-0.1, -0.05) is 0 Å². The van der Waals surface area contributed by atoms with Crippen LogP contribution in [0, 0.1) is 0 Å². The smallest absolute Gasteiger partial charge is 0.332 e. The van der Waals surface area contributed by atoms with Crippen LogP contribution >= 0.6 is 0 Å². The van der Waals surface area contributed by atoms with Crippen LogP contribution in [0.3, 0.4) is 0 Å². The first-order chi connectivity index (χ1) is 11.6. The van der Waals surface area contributed by atoms with Crippen LogP contribution in [-0.4, -0.2) is 31.1 Å². The molecule has 9 heteroatoms. The molecule has 0 atom stereocenters. The molecule has 0 spiro atoms. The Balaban J connectivity index is 1.96. The molecule has 0 fully saturated rings. The van der Waals surface area contributed by atoms with Gasteiger partial charge in [0.2, 0.25) is 6.79 Å². The summed E-state index contributed by atoms with van der Waals surface area (Å²) in [5.74, 6) is 1.50. The Labute approximate surface area is 135 Å². The van der Waals surface area contributed by atoms with Gasteiger partial charge in [0.25, 0.3) is 5.56 Å². The van der Waals surface area contributed by atoms with E-state index in [-0.39, 0.29) is 23.8 Å². The van der Waals surface area contributed by atoms with E-state index in [0.717, 1.165) is 4.57 Å². The maximum atomic E-state index is 12.4. The molecular formula is C15H13N5O4. The molecule has 1 aromatic carbocycles. The molecule has 4 rings (SSSR count). The molecule has 0 saturated carbocycles. The maximum absolute atomic E-state index is 12.4. The van der Waals surface area contributed by atoms with E-state index in [1.807, 2.05) is 0 Å². The van der Waals surface area contributed by atoms with Gasteiger partial charge >= 0.3 is 5.69 Å². The Hall–Kier alpha value is -3.23. The molecular weight excluding hydrogens is 314 g/mol. The van der Waals surface area contributed by atoms with Gasteiger partial charge in [0.1, 0.15) is 0 Å². The van der Waals surface area contributed by atoms with Gasteiger partial charge in [0.05, 0.1) is 0 Å². The van der Waals surface area contributed by atoms with Gasteiger partial charge in [-0.2, -0.15) is 0 Å². The van der Waals surface area contributed by atoms with Gasteiger partial charge in [-0.3, -0.25) is 13.9 Å².